The fraction of sp³-hybridized carbons (Fsp3) is 0.529. The van der Waals surface area contributed by atoms with Crippen LogP contribution in [0.1, 0.15) is 38.7 Å². The molecule has 0 bridgehead atoms. The van der Waals surface area contributed by atoms with Crippen molar-refractivity contribution in [3.05, 3.63) is 29.8 Å². The van der Waals surface area contributed by atoms with Crippen LogP contribution in [-0.4, -0.2) is 17.0 Å². The van der Waals surface area contributed by atoms with E-state index < -0.39 is 17.8 Å². The van der Waals surface area contributed by atoms with Crippen LogP contribution in [0.25, 0.3) is 0 Å². The van der Waals surface area contributed by atoms with E-state index >= 15 is 0 Å². The van der Waals surface area contributed by atoms with Gasteiger partial charge in [-0.15, -0.1) is 0 Å². The number of carbonyl (C=O) groups is 2. The summed E-state index contributed by atoms with van der Waals surface area (Å²) < 4.78 is 0. The maximum atomic E-state index is 12.5. The Kier molecular flexibility index (Phi) is 4.99. The normalized spacial score (nSPS) is 24.8. The van der Waals surface area contributed by atoms with Crippen molar-refractivity contribution in [3.63, 3.8) is 0 Å². The third kappa shape index (κ3) is 3.63. The Hall–Kier alpha value is -1.84. The molecule has 0 spiro atoms. The molecule has 1 aliphatic carbocycles. The van der Waals surface area contributed by atoms with Gasteiger partial charge < -0.3 is 10.4 Å². The molecule has 1 aromatic rings. The number of para-hydroxylation sites is 1. The van der Waals surface area contributed by atoms with E-state index in [0.29, 0.717) is 12.8 Å². The van der Waals surface area contributed by atoms with Crippen LogP contribution < -0.4 is 5.32 Å². The summed E-state index contributed by atoms with van der Waals surface area (Å²) in [6.45, 7) is 4.10. The van der Waals surface area contributed by atoms with Gasteiger partial charge in [0.1, 0.15) is 0 Å². The van der Waals surface area contributed by atoms with Gasteiger partial charge in [-0.1, -0.05) is 38.5 Å². The SMILES string of the molecule is CCCc1ccccc1NC(=O)C1CC(C)CC1C(=O)O. The second kappa shape index (κ2) is 6.74. The number of benzene rings is 1. The Morgan fingerprint density at radius 3 is 2.57 bits per heavy atom. The van der Waals surface area contributed by atoms with Crippen LogP contribution in [0.4, 0.5) is 5.69 Å². The molecule has 3 unspecified atom stereocenters. The van der Waals surface area contributed by atoms with E-state index in [1.54, 1.807) is 0 Å². The zero-order valence-electron chi connectivity index (χ0n) is 12.6. The van der Waals surface area contributed by atoms with E-state index in [9.17, 15) is 14.7 Å². The molecule has 4 heteroatoms. The molecule has 0 radical (unpaired) electrons. The Morgan fingerprint density at radius 2 is 1.90 bits per heavy atom. The minimum atomic E-state index is -0.860. The number of hydrogen-bond donors (Lipinski definition) is 2. The number of anilines is 1. The summed E-state index contributed by atoms with van der Waals surface area (Å²) in [5.41, 5.74) is 1.92. The highest BCUT2D eigenvalue weighted by Crippen LogP contribution is 2.37. The number of rotatable bonds is 5. The van der Waals surface area contributed by atoms with Crippen LogP contribution in [0.3, 0.4) is 0 Å². The van der Waals surface area contributed by atoms with Gasteiger partial charge in [0.2, 0.25) is 5.91 Å². The smallest absolute Gasteiger partial charge is 0.307 e. The molecule has 3 atom stereocenters. The predicted molar refractivity (Wildman–Crippen MR) is 82.1 cm³/mol. The van der Waals surface area contributed by atoms with Gasteiger partial charge in [0.15, 0.2) is 0 Å². The summed E-state index contributed by atoms with van der Waals surface area (Å²) in [5, 5.41) is 12.2. The monoisotopic (exact) mass is 289 g/mol. The van der Waals surface area contributed by atoms with Crippen molar-refractivity contribution < 1.29 is 14.7 Å². The minimum absolute atomic E-state index is 0.157. The highest BCUT2D eigenvalue weighted by atomic mass is 16.4. The highest BCUT2D eigenvalue weighted by Gasteiger charge is 2.41. The summed E-state index contributed by atoms with van der Waals surface area (Å²) in [6, 6.07) is 7.74. The van der Waals surface area contributed by atoms with Gasteiger partial charge in [0.25, 0.3) is 0 Å². The summed E-state index contributed by atoms with van der Waals surface area (Å²) >= 11 is 0. The predicted octanol–water partition coefficient (Wildman–Crippen LogP) is 3.32. The fourth-order valence-corrected chi connectivity index (χ4v) is 3.21. The van der Waals surface area contributed by atoms with E-state index in [1.807, 2.05) is 31.2 Å². The summed E-state index contributed by atoms with van der Waals surface area (Å²) in [5.74, 6) is -1.71. The van der Waals surface area contributed by atoms with Crippen molar-refractivity contribution in [2.75, 3.05) is 5.32 Å². The van der Waals surface area contributed by atoms with Gasteiger partial charge in [-0.25, -0.2) is 0 Å². The maximum Gasteiger partial charge on any atom is 0.307 e. The van der Waals surface area contributed by atoms with Crippen molar-refractivity contribution in [3.8, 4) is 0 Å². The number of carboxylic acids is 1. The molecule has 1 amide bonds. The average molecular weight is 289 g/mol. The van der Waals surface area contributed by atoms with E-state index in [-0.39, 0.29) is 11.8 Å². The third-order valence-electron chi connectivity index (χ3n) is 4.25. The topological polar surface area (TPSA) is 66.4 Å². The number of aryl methyl sites for hydroxylation is 1. The molecule has 2 rings (SSSR count). The van der Waals surface area contributed by atoms with Gasteiger partial charge in [0.05, 0.1) is 11.8 Å². The quantitative estimate of drug-likeness (QED) is 0.873. The standard InChI is InChI=1S/C17H23NO3/c1-3-6-12-7-4-5-8-15(12)18-16(19)13-9-11(2)10-14(13)17(20)21/h4-5,7-8,11,13-14H,3,6,9-10H2,1-2H3,(H,18,19)(H,20,21). The lowest BCUT2D eigenvalue weighted by Gasteiger charge is -2.17. The molecular formula is C17H23NO3. The van der Waals surface area contributed by atoms with Crippen molar-refractivity contribution >= 4 is 17.6 Å². The number of hydrogen-bond acceptors (Lipinski definition) is 2. The molecule has 1 fully saturated rings. The Balaban J connectivity index is 2.12. The third-order valence-corrected chi connectivity index (χ3v) is 4.25. The number of carboxylic acid groups (broad SMARTS) is 1. The fourth-order valence-electron chi connectivity index (χ4n) is 3.21. The molecule has 1 aromatic carbocycles. The second-order valence-corrected chi connectivity index (χ2v) is 6.02. The summed E-state index contributed by atoms with van der Waals surface area (Å²) in [6.07, 6.45) is 3.15. The van der Waals surface area contributed by atoms with Crippen LogP contribution in [0, 0.1) is 17.8 Å². The van der Waals surface area contributed by atoms with Gasteiger partial charge in [0, 0.05) is 5.69 Å². The molecule has 0 aromatic heterocycles. The van der Waals surface area contributed by atoms with Crippen molar-refractivity contribution in [2.24, 2.45) is 17.8 Å². The number of nitrogens with one attached hydrogen (secondary N) is 1. The molecule has 1 aliphatic rings. The summed E-state index contributed by atoms with van der Waals surface area (Å²) in [7, 11) is 0. The lowest BCUT2D eigenvalue weighted by molar-refractivity contribution is -0.145. The molecule has 2 N–H and O–H groups in total. The molecule has 0 aliphatic heterocycles. The molecular weight excluding hydrogens is 266 g/mol. The molecule has 4 nitrogen and oxygen atoms in total. The summed E-state index contributed by atoms with van der Waals surface area (Å²) in [4.78, 5) is 23.8. The Labute approximate surface area is 125 Å². The number of amides is 1. The molecule has 1 saturated carbocycles. The highest BCUT2D eigenvalue weighted by molar-refractivity contribution is 5.96. The van der Waals surface area contributed by atoms with Gasteiger partial charge in [-0.2, -0.15) is 0 Å². The zero-order valence-corrected chi connectivity index (χ0v) is 12.6. The van der Waals surface area contributed by atoms with E-state index in [2.05, 4.69) is 12.2 Å². The average Bonchev–Trinajstić information content (AvgIpc) is 2.84. The number of carbonyl (C=O) groups excluding carboxylic acids is 1. The largest absolute Gasteiger partial charge is 0.481 e. The van der Waals surface area contributed by atoms with Crippen LogP contribution in [0.5, 0.6) is 0 Å². The first-order valence-corrected chi connectivity index (χ1v) is 7.64. The van der Waals surface area contributed by atoms with E-state index in [0.717, 1.165) is 24.1 Å². The van der Waals surface area contributed by atoms with Crippen LogP contribution in [-0.2, 0) is 16.0 Å². The van der Waals surface area contributed by atoms with Crippen molar-refractivity contribution in [1.29, 1.82) is 0 Å². The van der Waals surface area contributed by atoms with E-state index in [1.165, 1.54) is 0 Å². The first kappa shape index (κ1) is 15.5. The first-order chi connectivity index (χ1) is 10.0. The van der Waals surface area contributed by atoms with Crippen LogP contribution >= 0.6 is 0 Å². The van der Waals surface area contributed by atoms with Gasteiger partial charge >= 0.3 is 5.97 Å². The molecule has 0 saturated heterocycles. The van der Waals surface area contributed by atoms with Crippen molar-refractivity contribution in [2.45, 2.75) is 39.5 Å². The second-order valence-electron chi connectivity index (χ2n) is 6.02. The van der Waals surface area contributed by atoms with E-state index in [4.69, 9.17) is 0 Å². The molecule has 21 heavy (non-hydrogen) atoms. The molecule has 0 heterocycles. The van der Waals surface area contributed by atoms with Gasteiger partial charge in [-0.3, -0.25) is 9.59 Å². The van der Waals surface area contributed by atoms with Gasteiger partial charge in [-0.05, 0) is 36.8 Å². The zero-order chi connectivity index (χ0) is 15.4. The van der Waals surface area contributed by atoms with Crippen LogP contribution in [0.15, 0.2) is 24.3 Å². The van der Waals surface area contributed by atoms with Crippen LogP contribution in [0.2, 0.25) is 0 Å². The lowest BCUT2D eigenvalue weighted by atomic mass is 9.95. The number of aliphatic carboxylic acids is 1. The Bertz CT molecular complexity index is 527. The maximum absolute atomic E-state index is 12.5. The molecule has 114 valence electrons. The first-order valence-electron chi connectivity index (χ1n) is 7.64. The lowest BCUT2D eigenvalue weighted by Crippen LogP contribution is -2.30. The minimum Gasteiger partial charge on any atom is -0.481 e. The van der Waals surface area contributed by atoms with Crippen molar-refractivity contribution in [1.82, 2.24) is 0 Å². The Morgan fingerprint density at radius 1 is 1.24 bits per heavy atom.